The van der Waals surface area contributed by atoms with Crippen LogP contribution in [0.3, 0.4) is 0 Å². The molecular weight excluding hydrogens is 232 g/mol. The fraction of sp³-hybridized carbons (Fsp3) is 0.846. The largest absolute Gasteiger partial charge is 0.385 e. The molecule has 1 saturated heterocycles. The number of nitrogens with one attached hydrogen (secondary N) is 1. The highest BCUT2D eigenvalue weighted by molar-refractivity contribution is 5.93. The summed E-state index contributed by atoms with van der Waals surface area (Å²) in [6.07, 6.45) is 2.86. The van der Waals surface area contributed by atoms with Gasteiger partial charge in [-0.25, -0.2) is 0 Å². The number of carbonyl (C=O) groups is 2. The summed E-state index contributed by atoms with van der Waals surface area (Å²) >= 11 is 0. The minimum atomic E-state index is -0.741. The van der Waals surface area contributed by atoms with Gasteiger partial charge in [-0.15, -0.1) is 0 Å². The Morgan fingerprint density at radius 3 is 2.72 bits per heavy atom. The quantitative estimate of drug-likeness (QED) is 0.719. The lowest BCUT2D eigenvalue weighted by molar-refractivity contribution is -0.138. The van der Waals surface area contributed by atoms with E-state index in [4.69, 9.17) is 4.74 Å². The van der Waals surface area contributed by atoms with E-state index < -0.39 is 5.54 Å². The van der Waals surface area contributed by atoms with E-state index in [2.05, 4.69) is 5.32 Å². The molecule has 104 valence electrons. The van der Waals surface area contributed by atoms with Crippen molar-refractivity contribution in [3.63, 3.8) is 0 Å². The van der Waals surface area contributed by atoms with E-state index >= 15 is 0 Å². The summed E-state index contributed by atoms with van der Waals surface area (Å²) in [6, 6.07) is 0. The normalized spacial score (nSPS) is 24.9. The van der Waals surface area contributed by atoms with E-state index in [-0.39, 0.29) is 11.8 Å². The monoisotopic (exact) mass is 256 g/mol. The van der Waals surface area contributed by atoms with Gasteiger partial charge >= 0.3 is 0 Å². The summed E-state index contributed by atoms with van der Waals surface area (Å²) in [5.74, 6) is 0.000332. The van der Waals surface area contributed by atoms with Gasteiger partial charge in [0, 0.05) is 33.2 Å². The van der Waals surface area contributed by atoms with E-state index in [0.717, 1.165) is 12.8 Å². The standard InChI is InChI=1S/C13H24N2O3/c1-4-13(2)12(17)15(8-5-6-10-18-3)9-7-11(16)14-13/h4-10H2,1-3H3,(H,14,16). The first-order chi connectivity index (χ1) is 8.53. The Bertz CT molecular complexity index is 307. The molecule has 1 fully saturated rings. The molecule has 1 unspecified atom stereocenters. The predicted molar refractivity (Wildman–Crippen MR) is 69.1 cm³/mol. The zero-order valence-electron chi connectivity index (χ0n) is 11.6. The molecule has 0 aromatic rings. The Morgan fingerprint density at radius 2 is 2.11 bits per heavy atom. The molecule has 0 aliphatic carbocycles. The number of hydrogen-bond acceptors (Lipinski definition) is 3. The number of amides is 2. The smallest absolute Gasteiger partial charge is 0.248 e. The van der Waals surface area contributed by atoms with Gasteiger partial charge in [0.2, 0.25) is 11.8 Å². The minimum Gasteiger partial charge on any atom is -0.385 e. The third-order valence-electron chi connectivity index (χ3n) is 3.52. The third kappa shape index (κ3) is 3.70. The van der Waals surface area contributed by atoms with Gasteiger partial charge in [-0.05, 0) is 26.2 Å². The van der Waals surface area contributed by atoms with Crippen molar-refractivity contribution in [2.45, 2.75) is 45.1 Å². The molecule has 1 atom stereocenters. The van der Waals surface area contributed by atoms with Crippen LogP contribution in [0.1, 0.15) is 39.5 Å². The van der Waals surface area contributed by atoms with E-state index in [1.807, 2.05) is 6.92 Å². The lowest BCUT2D eigenvalue weighted by atomic mass is 9.97. The molecule has 0 bridgehead atoms. The molecule has 1 heterocycles. The molecule has 0 radical (unpaired) electrons. The predicted octanol–water partition coefficient (Wildman–Crippen LogP) is 0.930. The topological polar surface area (TPSA) is 58.6 Å². The van der Waals surface area contributed by atoms with Crippen LogP contribution in [0.25, 0.3) is 0 Å². The van der Waals surface area contributed by atoms with Crippen LogP contribution >= 0.6 is 0 Å². The van der Waals surface area contributed by atoms with Crippen LogP contribution in [0.5, 0.6) is 0 Å². The Labute approximate surface area is 109 Å². The molecule has 0 spiro atoms. The number of unbranched alkanes of at least 4 members (excludes halogenated alkanes) is 1. The molecule has 2 amide bonds. The van der Waals surface area contributed by atoms with Crippen molar-refractivity contribution in [1.29, 1.82) is 0 Å². The second-order valence-corrected chi connectivity index (χ2v) is 4.98. The van der Waals surface area contributed by atoms with Gasteiger partial charge < -0.3 is 15.0 Å². The van der Waals surface area contributed by atoms with Crippen LogP contribution in [0.4, 0.5) is 0 Å². The zero-order chi connectivity index (χ0) is 13.6. The average Bonchev–Trinajstić information content (AvgIpc) is 2.46. The van der Waals surface area contributed by atoms with Gasteiger partial charge in [-0.2, -0.15) is 0 Å². The number of ether oxygens (including phenoxy) is 1. The van der Waals surface area contributed by atoms with E-state index in [1.54, 1.807) is 18.9 Å². The maximum absolute atomic E-state index is 12.4. The lowest BCUT2D eigenvalue weighted by Crippen LogP contribution is -2.54. The fourth-order valence-electron chi connectivity index (χ4n) is 2.11. The van der Waals surface area contributed by atoms with Crippen molar-refractivity contribution in [3.8, 4) is 0 Å². The molecule has 1 aliphatic heterocycles. The first kappa shape index (κ1) is 15.0. The first-order valence-corrected chi connectivity index (χ1v) is 6.63. The summed E-state index contributed by atoms with van der Waals surface area (Å²) in [6.45, 7) is 5.66. The van der Waals surface area contributed by atoms with Gasteiger partial charge in [0.15, 0.2) is 0 Å². The maximum Gasteiger partial charge on any atom is 0.248 e. The maximum atomic E-state index is 12.4. The molecule has 0 aromatic heterocycles. The highest BCUT2D eigenvalue weighted by Crippen LogP contribution is 2.18. The summed E-state index contributed by atoms with van der Waals surface area (Å²) in [5.41, 5.74) is -0.741. The molecule has 1 aliphatic rings. The van der Waals surface area contributed by atoms with Crippen LogP contribution in [-0.2, 0) is 14.3 Å². The van der Waals surface area contributed by atoms with Gasteiger partial charge in [0.1, 0.15) is 5.54 Å². The highest BCUT2D eigenvalue weighted by atomic mass is 16.5. The summed E-state index contributed by atoms with van der Waals surface area (Å²) in [4.78, 5) is 25.8. The van der Waals surface area contributed by atoms with Crippen molar-refractivity contribution in [3.05, 3.63) is 0 Å². The molecule has 5 heteroatoms. The fourth-order valence-corrected chi connectivity index (χ4v) is 2.11. The first-order valence-electron chi connectivity index (χ1n) is 6.63. The Balaban J connectivity index is 2.61. The van der Waals surface area contributed by atoms with E-state index in [0.29, 0.717) is 32.5 Å². The van der Waals surface area contributed by atoms with Gasteiger partial charge in [-0.3, -0.25) is 9.59 Å². The van der Waals surface area contributed by atoms with Crippen molar-refractivity contribution in [2.24, 2.45) is 0 Å². The van der Waals surface area contributed by atoms with E-state index in [1.165, 1.54) is 0 Å². The number of carbonyl (C=O) groups excluding carboxylic acids is 2. The minimum absolute atomic E-state index is 0.0351. The number of hydrogen-bond donors (Lipinski definition) is 1. The third-order valence-corrected chi connectivity index (χ3v) is 3.52. The zero-order valence-corrected chi connectivity index (χ0v) is 11.6. The molecule has 0 aromatic carbocycles. The second-order valence-electron chi connectivity index (χ2n) is 4.98. The van der Waals surface area contributed by atoms with Crippen molar-refractivity contribution >= 4 is 11.8 Å². The molecule has 5 nitrogen and oxygen atoms in total. The second kappa shape index (κ2) is 6.73. The van der Waals surface area contributed by atoms with Crippen molar-refractivity contribution in [2.75, 3.05) is 26.8 Å². The number of methoxy groups -OCH3 is 1. The average molecular weight is 256 g/mol. The molecular formula is C13H24N2O3. The molecule has 18 heavy (non-hydrogen) atoms. The van der Waals surface area contributed by atoms with Crippen molar-refractivity contribution < 1.29 is 14.3 Å². The summed E-state index contributed by atoms with van der Waals surface area (Å²) in [7, 11) is 1.67. The van der Waals surface area contributed by atoms with Crippen LogP contribution in [0.2, 0.25) is 0 Å². The highest BCUT2D eigenvalue weighted by Gasteiger charge is 2.38. The van der Waals surface area contributed by atoms with Crippen LogP contribution in [-0.4, -0.2) is 49.1 Å². The number of nitrogens with zero attached hydrogens (tertiary/aromatic N) is 1. The van der Waals surface area contributed by atoms with Crippen LogP contribution < -0.4 is 5.32 Å². The van der Waals surface area contributed by atoms with Gasteiger partial charge in [0.05, 0.1) is 0 Å². The Hall–Kier alpha value is -1.10. The molecule has 0 saturated carbocycles. The lowest BCUT2D eigenvalue weighted by Gasteiger charge is -2.31. The molecule has 1 N–H and O–H groups in total. The van der Waals surface area contributed by atoms with E-state index in [9.17, 15) is 9.59 Å². The Kier molecular flexibility index (Phi) is 5.59. The number of rotatable bonds is 6. The molecule has 1 rings (SSSR count). The SMILES string of the molecule is CCC1(C)NC(=O)CCN(CCCCOC)C1=O. The van der Waals surface area contributed by atoms with Crippen molar-refractivity contribution in [1.82, 2.24) is 10.2 Å². The van der Waals surface area contributed by atoms with Crippen LogP contribution in [0.15, 0.2) is 0 Å². The van der Waals surface area contributed by atoms with Crippen LogP contribution in [0, 0.1) is 0 Å². The summed E-state index contributed by atoms with van der Waals surface area (Å²) < 4.78 is 4.99. The van der Waals surface area contributed by atoms with Gasteiger partial charge in [0.25, 0.3) is 0 Å². The van der Waals surface area contributed by atoms with Gasteiger partial charge in [-0.1, -0.05) is 6.92 Å². The Morgan fingerprint density at radius 1 is 1.39 bits per heavy atom. The summed E-state index contributed by atoms with van der Waals surface area (Å²) in [5, 5.41) is 2.83.